The zero-order valence-electron chi connectivity index (χ0n) is 13.8. The van der Waals surface area contributed by atoms with Gasteiger partial charge in [-0.2, -0.15) is 0 Å². The highest BCUT2D eigenvalue weighted by atomic mass is 16.5. The van der Waals surface area contributed by atoms with Gasteiger partial charge in [-0.3, -0.25) is 9.69 Å². The number of carbonyl (C=O) groups excluding carboxylic acids is 2. The fourth-order valence-corrected chi connectivity index (χ4v) is 2.98. The van der Waals surface area contributed by atoms with Gasteiger partial charge in [0.2, 0.25) is 5.91 Å². The highest BCUT2D eigenvalue weighted by Crippen LogP contribution is 2.09. The van der Waals surface area contributed by atoms with Crippen molar-refractivity contribution in [2.45, 2.75) is 0 Å². The van der Waals surface area contributed by atoms with E-state index in [1.165, 1.54) is 0 Å². The van der Waals surface area contributed by atoms with Gasteiger partial charge >= 0.3 is 6.03 Å². The molecule has 0 spiro atoms. The maximum atomic E-state index is 12.4. The molecule has 2 fully saturated rings. The summed E-state index contributed by atoms with van der Waals surface area (Å²) in [5.41, 5.74) is 0.809. The van der Waals surface area contributed by atoms with E-state index in [1.807, 2.05) is 40.1 Å². The lowest BCUT2D eigenvalue weighted by molar-refractivity contribution is -0.117. The average molecular weight is 332 g/mol. The normalized spacial score (nSPS) is 19.2. The molecule has 7 heteroatoms. The molecule has 3 rings (SSSR count). The highest BCUT2D eigenvalue weighted by molar-refractivity contribution is 5.92. The maximum absolute atomic E-state index is 12.4. The Balaban J connectivity index is 1.41. The van der Waals surface area contributed by atoms with Gasteiger partial charge < -0.3 is 19.9 Å². The Morgan fingerprint density at radius 3 is 2.21 bits per heavy atom. The number of rotatable bonds is 3. The van der Waals surface area contributed by atoms with Crippen molar-refractivity contribution in [3.8, 4) is 0 Å². The number of hydrogen-bond acceptors (Lipinski definition) is 4. The van der Waals surface area contributed by atoms with Crippen molar-refractivity contribution < 1.29 is 14.3 Å². The van der Waals surface area contributed by atoms with Gasteiger partial charge in [0.1, 0.15) is 0 Å². The van der Waals surface area contributed by atoms with Crippen LogP contribution in [0.1, 0.15) is 0 Å². The minimum atomic E-state index is -0.0193. The van der Waals surface area contributed by atoms with Crippen LogP contribution in [0.15, 0.2) is 30.3 Å². The van der Waals surface area contributed by atoms with E-state index in [4.69, 9.17) is 4.74 Å². The summed E-state index contributed by atoms with van der Waals surface area (Å²) in [4.78, 5) is 30.3. The van der Waals surface area contributed by atoms with Gasteiger partial charge in [-0.25, -0.2) is 4.79 Å². The number of hydrogen-bond donors (Lipinski definition) is 1. The Labute approximate surface area is 142 Å². The van der Waals surface area contributed by atoms with E-state index >= 15 is 0 Å². The maximum Gasteiger partial charge on any atom is 0.320 e. The molecule has 0 atom stereocenters. The number of carbonyl (C=O) groups is 2. The van der Waals surface area contributed by atoms with E-state index in [2.05, 4.69) is 10.2 Å². The van der Waals surface area contributed by atoms with E-state index in [-0.39, 0.29) is 11.9 Å². The third-order valence-electron chi connectivity index (χ3n) is 4.35. The molecule has 0 aromatic heterocycles. The van der Waals surface area contributed by atoms with Crippen LogP contribution in [-0.2, 0) is 9.53 Å². The molecule has 2 aliphatic heterocycles. The number of nitrogens with zero attached hydrogens (tertiary/aromatic N) is 3. The van der Waals surface area contributed by atoms with Crippen LogP contribution >= 0.6 is 0 Å². The highest BCUT2D eigenvalue weighted by Gasteiger charge is 2.26. The average Bonchev–Trinajstić information content (AvgIpc) is 2.63. The zero-order valence-corrected chi connectivity index (χ0v) is 13.8. The SMILES string of the molecule is O=C(CN1CCN(C(=O)N2CCOCC2)CC1)Nc1ccccc1. The molecule has 2 heterocycles. The van der Waals surface area contributed by atoms with Crippen molar-refractivity contribution in [3.63, 3.8) is 0 Å². The Hall–Kier alpha value is -2.12. The number of piperazine rings is 1. The van der Waals surface area contributed by atoms with Gasteiger partial charge in [-0.15, -0.1) is 0 Å². The second-order valence-corrected chi connectivity index (χ2v) is 6.06. The number of benzene rings is 1. The topological polar surface area (TPSA) is 65.1 Å². The van der Waals surface area contributed by atoms with Gasteiger partial charge in [0, 0.05) is 45.0 Å². The Bertz CT molecular complexity index is 552. The lowest BCUT2D eigenvalue weighted by atomic mass is 10.3. The molecule has 1 N–H and O–H groups in total. The molecule has 3 amide bonds. The Kier molecular flexibility index (Phi) is 5.66. The van der Waals surface area contributed by atoms with Crippen LogP contribution in [0.25, 0.3) is 0 Å². The van der Waals surface area contributed by atoms with Crippen LogP contribution < -0.4 is 5.32 Å². The summed E-state index contributed by atoms with van der Waals surface area (Å²) in [6.07, 6.45) is 0. The minimum Gasteiger partial charge on any atom is -0.378 e. The lowest BCUT2D eigenvalue weighted by Crippen LogP contribution is -2.55. The third kappa shape index (κ3) is 4.46. The summed E-state index contributed by atoms with van der Waals surface area (Å²) in [7, 11) is 0. The fourth-order valence-electron chi connectivity index (χ4n) is 2.98. The van der Waals surface area contributed by atoms with Crippen LogP contribution in [0.2, 0.25) is 0 Å². The molecule has 0 unspecified atom stereocenters. The first-order chi connectivity index (χ1) is 11.7. The molecule has 2 aliphatic rings. The van der Waals surface area contributed by atoms with Crippen LogP contribution in [0, 0.1) is 0 Å². The summed E-state index contributed by atoms with van der Waals surface area (Å²) >= 11 is 0. The summed E-state index contributed by atoms with van der Waals surface area (Å²) in [5, 5.41) is 2.89. The lowest BCUT2D eigenvalue weighted by Gasteiger charge is -2.38. The number of nitrogens with one attached hydrogen (secondary N) is 1. The van der Waals surface area contributed by atoms with Crippen molar-refractivity contribution in [3.05, 3.63) is 30.3 Å². The molecule has 0 aliphatic carbocycles. The summed E-state index contributed by atoms with van der Waals surface area (Å²) in [6.45, 7) is 5.68. The van der Waals surface area contributed by atoms with E-state index in [1.54, 1.807) is 0 Å². The first-order valence-corrected chi connectivity index (χ1v) is 8.41. The Morgan fingerprint density at radius 2 is 1.54 bits per heavy atom. The molecule has 0 saturated carbocycles. The van der Waals surface area contributed by atoms with E-state index < -0.39 is 0 Å². The van der Waals surface area contributed by atoms with Gasteiger partial charge in [-0.05, 0) is 12.1 Å². The predicted octanol–water partition coefficient (Wildman–Crippen LogP) is 0.695. The van der Waals surface area contributed by atoms with Gasteiger partial charge in [0.15, 0.2) is 0 Å². The number of amides is 3. The van der Waals surface area contributed by atoms with Gasteiger partial charge in [0.25, 0.3) is 0 Å². The first kappa shape index (κ1) is 16.7. The summed E-state index contributed by atoms with van der Waals surface area (Å²) in [6, 6.07) is 9.54. The second-order valence-electron chi connectivity index (χ2n) is 6.06. The summed E-state index contributed by atoms with van der Waals surface area (Å²) in [5.74, 6) is -0.0193. The van der Waals surface area contributed by atoms with Gasteiger partial charge in [0.05, 0.1) is 19.8 Å². The third-order valence-corrected chi connectivity index (χ3v) is 4.35. The molecule has 24 heavy (non-hydrogen) atoms. The van der Waals surface area contributed by atoms with Crippen molar-refractivity contribution >= 4 is 17.6 Å². The van der Waals surface area contributed by atoms with Crippen molar-refractivity contribution in [1.82, 2.24) is 14.7 Å². The molecule has 1 aromatic carbocycles. The monoisotopic (exact) mass is 332 g/mol. The van der Waals surface area contributed by atoms with Crippen molar-refractivity contribution in [2.24, 2.45) is 0 Å². The van der Waals surface area contributed by atoms with E-state index in [0.717, 1.165) is 18.8 Å². The molecule has 1 aromatic rings. The summed E-state index contributed by atoms with van der Waals surface area (Å²) < 4.78 is 5.28. The standard InChI is InChI=1S/C17H24N4O3/c22-16(18-15-4-2-1-3-5-15)14-19-6-8-20(9-7-19)17(23)21-10-12-24-13-11-21/h1-5H,6-14H2,(H,18,22). The molecular weight excluding hydrogens is 308 g/mol. The number of urea groups is 1. The minimum absolute atomic E-state index is 0.0193. The largest absolute Gasteiger partial charge is 0.378 e. The molecular formula is C17H24N4O3. The van der Waals surface area contributed by atoms with Crippen molar-refractivity contribution in [1.29, 1.82) is 0 Å². The molecule has 2 saturated heterocycles. The van der Waals surface area contributed by atoms with Gasteiger partial charge in [-0.1, -0.05) is 18.2 Å². The van der Waals surface area contributed by atoms with Crippen LogP contribution in [0.3, 0.4) is 0 Å². The Morgan fingerprint density at radius 1 is 0.917 bits per heavy atom. The number of ether oxygens (including phenoxy) is 1. The van der Waals surface area contributed by atoms with Crippen LogP contribution in [0.5, 0.6) is 0 Å². The zero-order chi connectivity index (χ0) is 16.8. The molecule has 130 valence electrons. The number of para-hydroxylation sites is 1. The molecule has 7 nitrogen and oxygen atoms in total. The fraction of sp³-hybridized carbons (Fsp3) is 0.529. The number of anilines is 1. The van der Waals surface area contributed by atoms with Crippen molar-refractivity contribution in [2.75, 3.05) is 64.3 Å². The molecule has 0 bridgehead atoms. The molecule has 0 radical (unpaired) electrons. The quantitative estimate of drug-likeness (QED) is 0.885. The van der Waals surface area contributed by atoms with Crippen LogP contribution in [0.4, 0.5) is 10.5 Å². The van der Waals surface area contributed by atoms with Crippen LogP contribution in [-0.4, -0.2) is 85.7 Å². The second kappa shape index (κ2) is 8.12. The number of morpholine rings is 1. The van der Waals surface area contributed by atoms with E-state index in [0.29, 0.717) is 45.9 Å². The van der Waals surface area contributed by atoms with E-state index in [9.17, 15) is 9.59 Å². The predicted molar refractivity (Wildman–Crippen MR) is 90.9 cm³/mol. The first-order valence-electron chi connectivity index (χ1n) is 8.41. The smallest absolute Gasteiger partial charge is 0.320 e.